The van der Waals surface area contributed by atoms with E-state index >= 15 is 0 Å². The zero-order valence-corrected chi connectivity index (χ0v) is 15.8. The Labute approximate surface area is 157 Å². The summed E-state index contributed by atoms with van der Waals surface area (Å²) in [5.41, 5.74) is 0.385. The number of hydrogen-bond acceptors (Lipinski definition) is 5. The number of carbonyl (C=O) groups is 1. The second-order valence-corrected chi connectivity index (χ2v) is 6.96. The molecule has 27 heavy (non-hydrogen) atoms. The molecule has 0 saturated heterocycles. The van der Waals surface area contributed by atoms with Crippen LogP contribution < -0.4 is 5.32 Å². The Morgan fingerprint density at radius 1 is 1.30 bits per heavy atom. The molecule has 3 aromatic rings. The van der Waals surface area contributed by atoms with Crippen LogP contribution in [0.3, 0.4) is 0 Å². The molecule has 3 aromatic heterocycles. The highest BCUT2D eigenvalue weighted by atomic mass is 32.1. The van der Waals surface area contributed by atoms with Gasteiger partial charge in [0, 0.05) is 23.7 Å². The molecule has 3 heterocycles. The van der Waals surface area contributed by atoms with Gasteiger partial charge in [0.15, 0.2) is 16.8 Å². The first-order valence-electron chi connectivity index (χ1n) is 7.98. The molecule has 0 aliphatic carbocycles. The predicted molar refractivity (Wildman–Crippen MR) is 93.5 cm³/mol. The van der Waals surface area contributed by atoms with Crippen molar-refractivity contribution in [2.45, 2.75) is 33.0 Å². The van der Waals surface area contributed by atoms with Gasteiger partial charge in [0.05, 0.1) is 5.69 Å². The highest BCUT2D eigenvalue weighted by Gasteiger charge is 2.44. The van der Waals surface area contributed by atoms with Crippen molar-refractivity contribution in [2.75, 3.05) is 0 Å². The van der Waals surface area contributed by atoms with Crippen molar-refractivity contribution in [1.82, 2.24) is 20.1 Å². The second-order valence-electron chi connectivity index (χ2n) is 6.10. The van der Waals surface area contributed by atoms with Crippen molar-refractivity contribution in [3.63, 3.8) is 0 Å². The Morgan fingerprint density at radius 2 is 2.00 bits per heavy atom. The molecule has 6 nitrogen and oxygen atoms in total. The Balaban J connectivity index is 1.89. The van der Waals surface area contributed by atoms with E-state index in [1.54, 1.807) is 26.1 Å². The van der Waals surface area contributed by atoms with Crippen molar-refractivity contribution in [3.8, 4) is 10.8 Å². The van der Waals surface area contributed by atoms with Crippen LogP contribution in [0.4, 0.5) is 13.2 Å². The molecular weight excluding hydrogens is 381 g/mol. The van der Waals surface area contributed by atoms with Crippen LogP contribution in [0.1, 0.15) is 39.2 Å². The lowest BCUT2D eigenvalue weighted by Crippen LogP contribution is -2.39. The number of aryl methyl sites for hydroxylation is 3. The molecule has 0 bridgehead atoms. The summed E-state index contributed by atoms with van der Waals surface area (Å²) in [4.78, 5) is 16.5. The van der Waals surface area contributed by atoms with Crippen molar-refractivity contribution in [2.24, 2.45) is 7.05 Å². The lowest BCUT2D eigenvalue weighted by Gasteiger charge is -2.22. The molecular formula is C17H17F3N4O2S. The summed E-state index contributed by atoms with van der Waals surface area (Å²) in [5.74, 6) is 0.222. The third-order valence-electron chi connectivity index (χ3n) is 4.14. The van der Waals surface area contributed by atoms with E-state index in [4.69, 9.17) is 4.42 Å². The zero-order chi connectivity index (χ0) is 19.9. The second kappa shape index (κ2) is 6.84. The highest BCUT2D eigenvalue weighted by Crippen LogP contribution is 2.36. The van der Waals surface area contributed by atoms with Crippen molar-refractivity contribution >= 4 is 17.2 Å². The maximum atomic E-state index is 13.6. The van der Waals surface area contributed by atoms with E-state index < -0.39 is 18.1 Å². The molecule has 0 unspecified atom stereocenters. The van der Waals surface area contributed by atoms with E-state index in [1.165, 1.54) is 23.9 Å². The fourth-order valence-electron chi connectivity index (χ4n) is 2.77. The number of carbonyl (C=O) groups excluding carboxylic acids is 1. The maximum Gasteiger partial charge on any atom is 0.413 e. The number of rotatable bonds is 4. The van der Waals surface area contributed by atoms with Gasteiger partial charge in [0.25, 0.3) is 5.91 Å². The molecule has 1 atom stereocenters. The molecule has 1 N–H and O–H groups in total. The molecule has 144 valence electrons. The fourth-order valence-corrected chi connectivity index (χ4v) is 3.53. The molecule has 0 fully saturated rings. The molecule has 3 rings (SSSR count). The zero-order valence-electron chi connectivity index (χ0n) is 15.0. The topological polar surface area (TPSA) is 73.0 Å². The van der Waals surface area contributed by atoms with E-state index in [2.05, 4.69) is 15.4 Å². The summed E-state index contributed by atoms with van der Waals surface area (Å²) in [6, 6.07) is 1.26. The molecule has 1 amide bonds. The summed E-state index contributed by atoms with van der Waals surface area (Å²) in [7, 11) is 1.55. The minimum Gasteiger partial charge on any atom is -0.459 e. The third kappa shape index (κ3) is 3.75. The fraction of sp³-hybridized carbons (Fsp3) is 0.353. The lowest BCUT2D eigenvalue weighted by molar-refractivity contribution is -0.155. The lowest BCUT2D eigenvalue weighted by atomic mass is 10.0. The normalized spacial score (nSPS) is 13.0. The summed E-state index contributed by atoms with van der Waals surface area (Å²) in [6.07, 6.45) is -4.68. The molecule has 0 saturated carbocycles. The summed E-state index contributed by atoms with van der Waals surface area (Å²) in [5, 5.41) is 7.88. The molecule has 0 aliphatic heterocycles. The Hall–Kier alpha value is -2.62. The van der Waals surface area contributed by atoms with Gasteiger partial charge in [-0.2, -0.15) is 18.3 Å². The van der Waals surface area contributed by atoms with E-state index in [1.807, 2.05) is 0 Å². The molecule has 0 aromatic carbocycles. The van der Waals surface area contributed by atoms with Crippen LogP contribution in [0.2, 0.25) is 0 Å². The average molecular weight is 398 g/mol. The average Bonchev–Trinajstić information content (AvgIpc) is 3.26. The minimum absolute atomic E-state index is 0.0598. The number of aromatic nitrogens is 3. The van der Waals surface area contributed by atoms with Crippen LogP contribution in [-0.2, 0) is 7.05 Å². The number of nitrogens with one attached hydrogen (secondary N) is 1. The van der Waals surface area contributed by atoms with Gasteiger partial charge in [-0.15, -0.1) is 11.3 Å². The van der Waals surface area contributed by atoms with Crippen LogP contribution >= 0.6 is 11.3 Å². The SMILES string of the molecule is Cc1ccc(-c2nc(C(=O)N[C@H](c3c(C)nn(C)c3C)C(F)(F)F)cs2)o1. The first-order chi connectivity index (χ1) is 12.6. The Bertz CT molecular complexity index is 987. The van der Waals surface area contributed by atoms with Crippen LogP contribution in [-0.4, -0.2) is 26.8 Å². The van der Waals surface area contributed by atoms with E-state index in [-0.39, 0.29) is 17.0 Å². The predicted octanol–water partition coefficient (Wildman–Crippen LogP) is 4.10. The number of furan rings is 1. The van der Waals surface area contributed by atoms with Crippen molar-refractivity contribution in [1.29, 1.82) is 0 Å². The van der Waals surface area contributed by atoms with Crippen molar-refractivity contribution < 1.29 is 22.4 Å². The standard InChI is InChI=1S/C17H17F3N4O2S/c1-8-5-6-12(26-8)16-21-11(7-27-16)15(25)22-14(17(18,19)20)13-9(2)23-24(4)10(13)3/h5-7,14H,1-4H3,(H,22,25)/t14-/m1/s1. The number of amides is 1. The van der Waals surface area contributed by atoms with E-state index in [0.717, 1.165) is 11.3 Å². The van der Waals surface area contributed by atoms with Crippen LogP contribution in [0.25, 0.3) is 10.8 Å². The summed E-state index contributed by atoms with van der Waals surface area (Å²) < 4.78 is 47.7. The van der Waals surface area contributed by atoms with Gasteiger partial charge < -0.3 is 9.73 Å². The van der Waals surface area contributed by atoms with Gasteiger partial charge in [-0.05, 0) is 32.9 Å². The van der Waals surface area contributed by atoms with E-state index in [9.17, 15) is 18.0 Å². The van der Waals surface area contributed by atoms with E-state index in [0.29, 0.717) is 22.2 Å². The number of thiazole rings is 1. The molecule has 0 aliphatic rings. The van der Waals surface area contributed by atoms with Crippen LogP contribution in [0.5, 0.6) is 0 Å². The first kappa shape index (κ1) is 19.2. The smallest absolute Gasteiger partial charge is 0.413 e. The highest BCUT2D eigenvalue weighted by molar-refractivity contribution is 7.13. The van der Waals surface area contributed by atoms with Gasteiger partial charge in [0.1, 0.15) is 11.5 Å². The number of nitrogens with zero attached hydrogens (tertiary/aromatic N) is 3. The van der Waals surface area contributed by atoms with Crippen molar-refractivity contribution in [3.05, 3.63) is 45.9 Å². The molecule has 10 heteroatoms. The molecule has 0 spiro atoms. The monoisotopic (exact) mass is 398 g/mol. The third-order valence-corrected chi connectivity index (χ3v) is 5.00. The van der Waals surface area contributed by atoms with Crippen LogP contribution in [0, 0.1) is 20.8 Å². The minimum atomic E-state index is -4.68. The van der Waals surface area contributed by atoms with Gasteiger partial charge in [0.2, 0.25) is 0 Å². The first-order valence-corrected chi connectivity index (χ1v) is 8.86. The summed E-state index contributed by atoms with van der Waals surface area (Å²) in [6.45, 7) is 4.77. The number of halogens is 3. The Kier molecular flexibility index (Phi) is 4.85. The van der Waals surface area contributed by atoms with Gasteiger partial charge in [-0.1, -0.05) is 0 Å². The summed E-state index contributed by atoms with van der Waals surface area (Å²) >= 11 is 1.12. The Morgan fingerprint density at radius 3 is 2.52 bits per heavy atom. The number of alkyl halides is 3. The van der Waals surface area contributed by atoms with Gasteiger partial charge in [-0.3, -0.25) is 9.48 Å². The quantitative estimate of drug-likeness (QED) is 0.718. The number of hydrogen-bond donors (Lipinski definition) is 1. The van der Waals surface area contributed by atoms with Gasteiger partial charge in [-0.25, -0.2) is 4.98 Å². The van der Waals surface area contributed by atoms with Crippen LogP contribution in [0.15, 0.2) is 21.9 Å². The molecule has 0 radical (unpaired) electrons. The van der Waals surface area contributed by atoms with Gasteiger partial charge >= 0.3 is 6.18 Å². The maximum absolute atomic E-state index is 13.6. The largest absolute Gasteiger partial charge is 0.459 e.